The topological polar surface area (TPSA) is 103 Å². The van der Waals surface area contributed by atoms with Gasteiger partial charge in [0.25, 0.3) is 0 Å². The number of hydrogen-bond donors (Lipinski definition) is 2. The van der Waals surface area contributed by atoms with E-state index >= 15 is 0 Å². The average Bonchev–Trinajstić information content (AvgIpc) is 2.76. The molecule has 0 aliphatic heterocycles. The van der Waals surface area contributed by atoms with Crippen molar-refractivity contribution in [1.82, 2.24) is 0 Å². The summed E-state index contributed by atoms with van der Waals surface area (Å²) < 4.78 is 22.3. The van der Waals surface area contributed by atoms with Crippen molar-refractivity contribution in [2.24, 2.45) is 0 Å². The molecule has 0 heterocycles. The summed E-state index contributed by atoms with van der Waals surface area (Å²) in [7, 11) is 0. The van der Waals surface area contributed by atoms with Crippen LogP contribution in [-0.2, 0) is 25.4 Å². The number of rotatable bonds is 13. The van der Waals surface area contributed by atoms with Crippen molar-refractivity contribution in [3.05, 3.63) is 59.7 Å². The lowest BCUT2D eigenvalue weighted by molar-refractivity contribution is -0.139. The lowest BCUT2D eigenvalue weighted by Crippen LogP contribution is -2.27. The van der Waals surface area contributed by atoms with E-state index in [1.807, 2.05) is 76.2 Å². The van der Waals surface area contributed by atoms with Crippen LogP contribution in [0.25, 0.3) is 0 Å². The maximum Gasteiger partial charge on any atom is 0.412 e. The molecule has 0 spiro atoms. The minimum atomic E-state index is -0.896. The van der Waals surface area contributed by atoms with Crippen molar-refractivity contribution in [3.8, 4) is 5.75 Å². The maximum atomic E-state index is 11.8. The number of aliphatic carboxylic acids is 1. The number of carboxylic acid groups (broad SMARTS) is 1. The summed E-state index contributed by atoms with van der Waals surface area (Å²) in [5.74, 6) is -0.166. The Balaban J connectivity index is 1.82. The highest BCUT2D eigenvalue weighted by atomic mass is 16.6. The van der Waals surface area contributed by atoms with Gasteiger partial charge in [-0.2, -0.15) is 0 Å². The standard InChI is InChI=1S/C26H35NO7/c1-5-31-18-23(33-17-15-24(28)29)20-8-12-22(13-9-20)32-16-14-19-6-10-21(11-7-19)27-25(30)34-26(2,3)4/h6-13,23H,5,14-18H2,1-4H3,(H,27,30)(H,28,29)/t23-/m1/s1. The van der Waals surface area contributed by atoms with Gasteiger partial charge in [0, 0.05) is 18.7 Å². The second kappa shape index (κ2) is 13.6. The number of carbonyl (C=O) groups is 2. The van der Waals surface area contributed by atoms with E-state index in [1.165, 1.54) is 0 Å². The number of carbonyl (C=O) groups excluding carboxylic acids is 1. The first-order valence-corrected chi connectivity index (χ1v) is 11.4. The fraction of sp³-hybridized carbons (Fsp3) is 0.462. The molecule has 0 radical (unpaired) electrons. The molecule has 0 aliphatic carbocycles. The van der Waals surface area contributed by atoms with Gasteiger partial charge in [0.2, 0.25) is 0 Å². The van der Waals surface area contributed by atoms with Crippen LogP contribution in [0.3, 0.4) is 0 Å². The molecule has 0 bridgehead atoms. The fourth-order valence-electron chi connectivity index (χ4n) is 3.00. The SMILES string of the molecule is CCOC[C@@H](OCCC(=O)O)c1ccc(OCCc2ccc(NC(=O)OC(C)(C)C)cc2)cc1. The Labute approximate surface area is 201 Å². The lowest BCUT2D eigenvalue weighted by Gasteiger charge is -2.19. The number of hydrogen-bond acceptors (Lipinski definition) is 6. The van der Waals surface area contributed by atoms with E-state index in [0.29, 0.717) is 31.9 Å². The van der Waals surface area contributed by atoms with Gasteiger partial charge in [0.1, 0.15) is 17.5 Å². The number of carboxylic acids is 1. The molecule has 0 saturated carbocycles. The van der Waals surface area contributed by atoms with Crippen LogP contribution in [0.15, 0.2) is 48.5 Å². The zero-order valence-electron chi connectivity index (χ0n) is 20.3. The minimum Gasteiger partial charge on any atom is -0.493 e. The fourth-order valence-corrected chi connectivity index (χ4v) is 3.00. The van der Waals surface area contributed by atoms with Crippen molar-refractivity contribution in [2.45, 2.75) is 52.2 Å². The second-order valence-corrected chi connectivity index (χ2v) is 8.65. The Bertz CT molecular complexity index is 889. The molecule has 0 aromatic heterocycles. The van der Waals surface area contributed by atoms with E-state index in [0.717, 1.165) is 16.9 Å². The number of ether oxygens (including phenoxy) is 4. The van der Waals surface area contributed by atoms with Gasteiger partial charge in [-0.3, -0.25) is 10.1 Å². The van der Waals surface area contributed by atoms with Gasteiger partial charge in [-0.1, -0.05) is 24.3 Å². The monoisotopic (exact) mass is 473 g/mol. The first kappa shape index (κ1) is 27.1. The van der Waals surface area contributed by atoms with Crippen LogP contribution in [-0.4, -0.2) is 49.2 Å². The zero-order valence-corrected chi connectivity index (χ0v) is 20.3. The summed E-state index contributed by atoms with van der Waals surface area (Å²) in [5, 5.41) is 11.5. The molecule has 0 unspecified atom stereocenters. The first-order chi connectivity index (χ1) is 16.2. The van der Waals surface area contributed by atoms with Crippen molar-refractivity contribution < 1.29 is 33.6 Å². The van der Waals surface area contributed by atoms with Gasteiger partial charge in [0.05, 0.1) is 26.2 Å². The maximum absolute atomic E-state index is 11.8. The molecular weight excluding hydrogens is 438 g/mol. The molecule has 0 fully saturated rings. The summed E-state index contributed by atoms with van der Waals surface area (Å²) in [6, 6.07) is 15.1. The predicted octanol–water partition coefficient (Wildman–Crippen LogP) is 5.22. The number of benzene rings is 2. The van der Waals surface area contributed by atoms with Crippen LogP contribution in [0.1, 0.15) is 51.3 Å². The molecule has 1 atom stereocenters. The van der Waals surface area contributed by atoms with Gasteiger partial charge >= 0.3 is 12.1 Å². The lowest BCUT2D eigenvalue weighted by atomic mass is 10.1. The molecule has 8 nitrogen and oxygen atoms in total. The smallest absolute Gasteiger partial charge is 0.412 e. The highest BCUT2D eigenvalue weighted by Gasteiger charge is 2.16. The second-order valence-electron chi connectivity index (χ2n) is 8.65. The highest BCUT2D eigenvalue weighted by molar-refractivity contribution is 5.84. The Morgan fingerprint density at radius 2 is 1.68 bits per heavy atom. The summed E-state index contributed by atoms with van der Waals surface area (Å²) in [6.45, 7) is 8.88. The van der Waals surface area contributed by atoms with Crippen molar-refractivity contribution >= 4 is 17.7 Å². The normalized spacial score (nSPS) is 12.1. The third-order valence-corrected chi connectivity index (χ3v) is 4.62. The summed E-state index contributed by atoms with van der Waals surface area (Å²) >= 11 is 0. The third kappa shape index (κ3) is 10.7. The Hall–Kier alpha value is -3.10. The molecule has 0 saturated heterocycles. The van der Waals surface area contributed by atoms with Gasteiger partial charge < -0.3 is 24.1 Å². The van der Waals surface area contributed by atoms with Crippen molar-refractivity contribution in [3.63, 3.8) is 0 Å². The molecule has 2 aromatic rings. The van der Waals surface area contributed by atoms with Gasteiger partial charge in [-0.05, 0) is 63.1 Å². The molecule has 2 N–H and O–H groups in total. The summed E-state index contributed by atoms with van der Waals surface area (Å²) in [4.78, 5) is 22.6. The molecule has 2 aromatic carbocycles. The number of amides is 1. The van der Waals surface area contributed by atoms with E-state index in [4.69, 9.17) is 24.1 Å². The quantitative estimate of drug-likeness (QED) is 0.411. The van der Waals surface area contributed by atoms with E-state index in [2.05, 4.69) is 5.32 Å². The van der Waals surface area contributed by atoms with Crippen LogP contribution in [0, 0.1) is 0 Å². The van der Waals surface area contributed by atoms with E-state index in [1.54, 1.807) is 0 Å². The van der Waals surface area contributed by atoms with E-state index < -0.39 is 17.7 Å². The summed E-state index contributed by atoms with van der Waals surface area (Å²) in [6.07, 6.45) is -0.161. The Morgan fingerprint density at radius 1 is 1.00 bits per heavy atom. The number of nitrogens with one attached hydrogen (secondary N) is 1. The minimum absolute atomic E-state index is 0.0537. The third-order valence-electron chi connectivity index (χ3n) is 4.62. The van der Waals surface area contributed by atoms with Crippen molar-refractivity contribution in [1.29, 1.82) is 0 Å². The van der Waals surface area contributed by atoms with Gasteiger partial charge in [0.15, 0.2) is 0 Å². The Morgan fingerprint density at radius 3 is 2.26 bits per heavy atom. The average molecular weight is 474 g/mol. The van der Waals surface area contributed by atoms with Crippen LogP contribution in [0.2, 0.25) is 0 Å². The van der Waals surface area contributed by atoms with Crippen LogP contribution in [0.4, 0.5) is 10.5 Å². The molecule has 8 heteroatoms. The molecule has 0 aliphatic rings. The Kier molecular flexibility index (Phi) is 10.8. The molecular formula is C26H35NO7. The van der Waals surface area contributed by atoms with E-state index in [9.17, 15) is 9.59 Å². The van der Waals surface area contributed by atoms with Gasteiger partial charge in [-0.15, -0.1) is 0 Å². The molecule has 186 valence electrons. The molecule has 34 heavy (non-hydrogen) atoms. The highest BCUT2D eigenvalue weighted by Crippen LogP contribution is 2.22. The first-order valence-electron chi connectivity index (χ1n) is 11.4. The molecule has 1 amide bonds. The van der Waals surface area contributed by atoms with Gasteiger partial charge in [-0.25, -0.2) is 4.79 Å². The van der Waals surface area contributed by atoms with Crippen LogP contribution < -0.4 is 10.1 Å². The van der Waals surface area contributed by atoms with Crippen LogP contribution >= 0.6 is 0 Å². The zero-order chi connectivity index (χ0) is 25.0. The molecule has 2 rings (SSSR count). The van der Waals surface area contributed by atoms with Crippen LogP contribution in [0.5, 0.6) is 5.75 Å². The number of anilines is 1. The largest absolute Gasteiger partial charge is 0.493 e. The summed E-state index contributed by atoms with van der Waals surface area (Å²) in [5.41, 5.74) is 2.10. The van der Waals surface area contributed by atoms with Crippen molar-refractivity contribution in [2.75, 3.05) is 31.7 Å². The predicted molar refractivity (Wildman–Crippen MR) is 129 cm³/mol. The van der Waals surface area contributed by atoms with E-state index in [-0.39, 0.29) is 19.1 Å².